The molecule has 154 valence electrons. The zero-order chi connectivity index (χ0) is 19.0. The van der Waals surface area contributed by atoms with Gasteiger partial charge in [-0.1, -0.05) is 0 Å². The monoisotopic (exact) mass is 389 g/mol. The molecular weight excluding hydrogens is 358 g/mol. The second-order valence-corrected chi connectivity index (χ2v) is 7.49. The Hall–Kier alpha value is -1.77. The number of ether oxygens (including phenoxy) is 3. The summed E-state index contributed by atoms with van der Waals surface area (Å²) in [5.41, 5.74) is 2.25. The van der Waals surface area contributed by atoms with Crippen molar-refractivity contribution in [2.45, 2.75) is 32.2 Å². The molecule has 8 heteroatoms. The lowest BCUT2D eigenvalue weighted by Crippen LogP contribution is -2.39. The molecule has 0 atom stereocenters. The Labute approximate surface area is 166 Å². The summed E-state index contributed by atoms with van der Waals surface area (Å²) in [5.74, 6) is 0.918. The SMILES string of the molecule is c1c(CN=C2CCCC2)nc(OCCN2CCOCC2)nc1N1CCOCC1. The van der Waals surface area contributed by atoms with E-state index in [4.69, 9.17) is 19.2 Å². The first-order valence-electron chi connectivity index (χ1n) is 10.5. The van der Waals surface area contributed by atoms with Crippen molar-refractivity contribution in [3.05, 3.63) is 11.8 Å². The van der Waals surface area contributed by atoms with E-state index < -0.39 is 0 Å². The molecule has 1 saturated carbocycles. The van der Waals surface area contributed by atoms with Gasteiger partial charge in [0.05, 0.1) is 38.7 Å². The Balaban J connectivity index is 1.41. The molecule has 2 saturated heterocycles. The van der Waals surface area contributed by atoms with Crippen LogP contribution in [0.3, 0.4) is 0 Å². The van der Waals surface area contributed by atoms with Crippen LogP contribution in [0, 0.1) is 0 Å². The second-order valence-electron chi connectivity index (χ2n) is 7.49. The molecule has 1 aliphatic carbocycles. The summed E-state index contributed by atoms with van der Waals surface area (Å²) < 4.78 is 16.8. The van der Waals surface area contributed by atoms with Crippen molar-refractivity contribution in [2.75, 3.05) is 70.7 Å². The molecule has 1 aromatic heterocycles. The van der Waals surface area contributed by atoms with Gasteiger partial charge < -0.3 is 19.1 Å². The Morgan fingerprint density at radius 2 is 1.68 bits per heavy atom. The maximum Gasteiger partial charge on any atom is 0.318 e. The minimum absolute atomic E-state index is 0.457. The van der Waals surface area contributed by atoms with Crippen LogP contribution in [0.15, 0.2) is 11.1 Å². The van der Waals surface area contributed by atoms with E-state index in [1.165, 1.54) is 18.6 Å². The van der Waals surface area contributed by atoms with Crippen LogP contribution in [0.2, 0.25) is 0 Å². The van der Waals surface area contributed by atoms with Crippen LogP contribution in [0.1, 0.15) is 31.4 Å². The van der Waals surface area contributed by atoms with Gasteiger partial charge in [0.1, 0.15) is 12.4 Å². The third kappa shape index (κ3) is 5.62. The number of hydrogen-bond acceptors (Lipinski definition) is 8. The molecule has 0 radical (unpaired) electrons. The quantitative estimate of drug-likeness (QED) is 0.700. The number of morpholine rings is 2. The standard InChI is InChI=1S/C20H31N5O3/c1-2-4-17(3-1)21-16-18-15-19(25-8-12-27-13-9-25)23-20(22-18)28-14-7-24-5-10-26-11-6-24/h15H,1-14,16H2. The maximum atomic E-state index is 5.94. The zero-order valence-corrected chi connectivity index (χ0v) is 16.6. The smallest absolute Gasteiger partial charge is 0.318 e. The molecule has 0 bridgehead atoms. The molecule has 3 fully saturated rings. The normalized spacial score (nSPS) is 21.1. The highest BCUT2D eigenvalue weighted by Crippen LogP contribution is 2.20. The molecule has 3 heterocycles. The third-order valence-corrected chi connectivity index (χ3v) is 5.47. The van der Waals surface area contributed by atoms with Crippen LogP contribution in [0.25, 0.3) is 0 Å². The lowest BCUT2D eigenvalue weighted by Gasteiger charge is -2.28. The zero-order valence-electron chi connectivity index (χ0n) is 16.6. The minimum Gasteiger partial charge on any atom is -0.462 e. The van der Waals surface area contributed by atoms with E-state index in [9.17, 15) is 0 Å². The molecule has 4 rings (SSSR count). The van der Waals surface area contributed by atoms with Crippen molar-refractivity contribution < 1.29 is 14.2 Å². The van der Waals surface area contributed by atoms with Crippen molar-refractivity contribution in [1.82, 2.24) is 14.9 Å². The number of hydrogen-bond donors (Lipinski definition) is 0. The van der Waals surface area contributed by atoms with Gasteiger partial charge in [-0.25, -0.2) is 0 Å². The van der Waals surface area contributed by atoms with Crippen LogP contribution in [-0.4, -0.2) is 86.3 Å². The number of anilines is 1. The van der Waals surface area contributed by atoms with Crippen LogP contribution >= 0.6 is 0 Å². The Morgan fingerprint density at radius 3 is 2.43 bits per heavy atom. The van der Waals surface area contributed by atoms with E-state index in [0.29, 0.717) is 19.2 Å². The highest BCUT2D eigenvalue weighted by Gasteiger charge is 2.17. The van der Waals surface area contributed by atoms with Crippen molar-refractivity contribution in [3.8, 4) is 6.01 Å². The summed E-state index contributed by atoms with van der Waals surface area (Å²) in [6.45, 7) is 8.73. The molecule has 0 unspecified atom stereocenters. The molecule has 3 aliphatic rings. The second kappa shape index (κ2) is 10.1. The summed E-state index contributed by atoms with van der Waals surface area (Å²) in [6, 6.07) is 2.51. The molecular formula is C20H31N5O3. The van der Waals surface area contributed by atoms with Crippen molar-refractivity contribution in [1.29, 1.82) is 0 Å². The summed E-state index contributed by atoms with van der Waals surface area (Å²) >= 11 is 0. The largest absolute Gasteiger partial charge is 0.462 e. The Bertz CT molecular complexity index is 649. The fraction of sp³-hybridized carbons (Fsp3) is 0.750. The number of aliphatic imine (C=N–C) groups is 1. The molecule has 1 aromatic rings. The predicted molar refractivity (Wildman–Crippen MR) is 107 cm³/mol. The average molecular weight is 390 g/mol. The van der Waals surface area contributed by atoms with E-state index in [0.717, 1.165) is 83.5 Å². The lowest BCUT2D eigenvalue weighted by atomic mass is 10.3. The van der Waals surface area contributed by atoms with Gasteiger partial charge in [0, 0.05) is 44.5 Å². The van der Waals surface area contributed by atoms with E-state index in [1.54, 1.807) is 0 Å². The van der Waals surface area contributed by atoms with E-state index in [1.807, 2.05) is 0 Å². The van der Waals surface area contributed by atoms with Crippen molar-refractivity contribution >= 4 is 11.5 Å². The fourth-order valence-corrected chi connectivity index (χ4v) is 3.78. The van der Waals surface area contributed by atoms with Gasteiger partial charge in [-0.05, 0) is 25.7 Å². The highest BCUT2D eigenvalue weighted by molar-refractivity contribution is 5.86. The van der Waals surface area contributed by atoms with Gasteiger partial charge >= 0.3 is 6.01 Å². The molecule has 0 N–H and O–H groups in total. The minimum atomic E-state index is 0.457. The first-order valence-corrected chi connectivity index (χ1v) is 10.5. The van der Waals surface area contributed by atoms with Crippen LogP contribution < -0.4 is 9.64 Å². The van der Waals surface area contributed by atoms with Gasteiger partial charge in [0.15, 0.2) is 0 Å². The van der Waals surface area contributed by atoms with E-state index in [-0.39, 0.29) is 0 Å². The fourth-order valence-electron chi connectivity index (χ4n) is 3.78. The van der Waals surface area contributed by atoms with Crippen LogP contribution in [-0.2, 0) is 16.0 Å². The molecule has 8 nitrogen and oxygen atoms in total. The summed E-state index contributed by atoms with van der Waals surface area (Å²) in [4.78, 5) is 18.7. The molecule has 28 heavy (non-hydrogen) atoms. The van der Waals surface area contributed by atoms with Gasteiger partial charge in [0.2, 0.25) is 0 Å². The molecule has 0 aromatic carbocycles. The van der Waals surface area contributed by atoms with Gasteiger partial charge in [-0.3, -0.25) is 9.89 Å². The summed E-state index contributed by atoms with van der Waals surface area (Å²) in [7, 11) is 0. The van der Waals surface area contributed by atoms with Gasteiger partial charge in [-0.15, -0.1) is 0 Å². The first-order chi connectivity index (χ1) is 13.9. The number of nitrogens with zero attached hydrogens (tertiary/aromatic N) is 5. The van der Waals surface area contributed by atoms with E-state index >= 15 is 0 Å². The summed E-state index contributed by atoms with van der Waals surface area (Å²) in [5, 5.41) is 0. The highest BCUT2D eigenvalue weighted by atomic mass is 16.5. The van der Waals surface area contributed by atoms with Crippen LogP contribution in [0.5, 0.6) is 6.01 Å². The van der Waals surface area contributed by atoms with Crippen molar-refractivity contribution in [3.63, 3.8) is 0 Å². The average Bonchev–Trinajstić information content (AvgIpc) is 3.27. The molecule has 2 aliphatic heterocycles. The number of aromatic nitrogens is 2. The topological polar surface area (TPSA) is 72.3 Å². The van der Waals surface area contributed by atoms with Crippen molar-refractivity contribution in [2.24, 2.45) is 4.99 Å². The maximum absolute atomic E-state index is 5.94. The van der Waals surface area contributed by atoms with Crippen LogP contribution in [0.4, 0.5) is 5.82 Å². The third-order valence-electron chi connectivity index (χ3n) is 5.47. The summed E-state index contributed by atoms with van der Waals surface area (Å²) in [6.07, 6.45) is 4.78. The molecule has 0 spiro atoms. The predicted octanol–water partition coefficient (Wildman–Crippen LogP) is 1.54. The Kier molecular flexibility index (Phi) is 7.07. The number of rotatable bonds is 7. The lowest BCUT2D eigenvalue weighted by molar-refractivity contribution is 0.0317. The van der Waals surface area contributed by atoms with Gasteiger partial charge in [0.25, 0.3) is 0 Å². The van der Waals surface area contributed by atoms with Gasteiger partial charge in [-0.2, -0.15) is 9.97 Å². The Morgan fingerprint density at radius 1 is 0.964 bits per heavy atom. The van der Waals surface area contributed by atoms with E-state index in [2.05, 4.69) is 25.8 Å². The first kappa shape index (κ1) is 19.5. The molecule has 0 amide bonds.